The van der Waals surface area contributed by atoms with E-state index in [1.807, 2.05) is 0 Å². The van der Waals surface area contributed by atoms with Crippen LogP contribution < -0.4 is 16.0 Å². The molecule has 1 aliphatic carbocycles. The maximum atomic E-state index is 11.8. The summed E-state index contributed by atoms with van der Waals surface area (Å²) in [6, 6.07) is 0.216. The van der Waals surface area contributed by atoms with Crippen molar-refractivity contribution >= 4 is 17.9 Å². The van der Waals surface area contributed by atoms with Crippen LogP contribution in [0.2, 0.25) is 0 Å². The number of aliphatic carboxylic acids is 1. The van der Waals surface area contributed by atoms with Gasteiger partial charge in [0.05, 0.1) is 5.41 Å². The van der Waals surface area contributed by atoms with Gasteiger partial charge < -0.3 is 21.1 Å². The van der Waals surface area contributed by atoms with Gasteiger partial charge in [0.15, 0.2) is 0 Å². The number of carbonyl (C=O) groups is 3. The van der Waals surface area contributed by atoms with Gasteiger partial charge in [0.1, 0.15) is 0 Å². The van der Waals surface area contributed by atoms with Crippen molar-refractivity contribution in [3.8, 4) is 0 Å². The number of carboxylic acid groups (broad SMARTS) is 1. The lowest BCUT2D eigenvalue weighted by Crippen LogP contribution is -2.43. The van der Waals surface area contributed by atoms with Gasteiger partial charge in [-0.3, -0.25) is 9.59 Å². The lowest BCUT2D eigenvalue weighted by Gasteiger charge is -2.22. The molecule has 7 heteroatoms. The van der Waals surface area contributed by atoms with Crippen molar-refractivity contribution in [2.24, 2.45) is 5.41 Å². The molecule has 0 aromatic heterocycles. The number of nitrogens with one attached hydrogen (secondary N) is 3. The van der Waals surface area contributed by atoms with Gasteiger partial charge in [-0.2, -0.15) is 0 Å². The van der Waals surface area contributed by atoms with Gasteiger partial charge in [-0.05, 0) is 39.5 Å². The van der Waals surface area contributed by atoms with Gasteiger partial charge in [-0.1, -0.05) is 25.7 Å². The molecule has 0 unspecified atom stereocenters. The van der Waals surface area contributed by atoms with Gasteiger partial charge in [0.2, 0.25) is 5.91 Å². The molecule has 4 N–H and O–H groups in total. The second-order valence-electron chi connectivity index (χ2n) is 7.51. The zero-order valence-electron chi connectivity index (χ0n) is 15.5. The summed E-state index contributed by atoms with van der Waals surface area (Å²) in [4.78, 5) is 34.4. The highest BCUT2D eigenvalue weighted by Crippen LogP contribution is 2.17. The van der Waals surface area contributed by atoms with E-state index in [4.69, 9.17) is 5.11 Å². The van der Waals surface area contributed by atoms with Gasteiger partial charge in [-0.15, -0.1) is 0 Å². The Morgan fingerprint density at radius 3 is 2.32 bits per heavy atom. The summed E-state index contributed by atoms with van der Waals surface area (Å²) in [5.74, 6) is -1.05. The summed E-state index contributed by atoms with van der Waals surface area (Å²) in [7, 11) is 0. The summed E-state index contributed by atoms with van der Waals surface area (Å²) in [6.45, 7) is 3.90. The molecule has 0 heterocycles. The number of urea groups is 1. The van der Waals surface area contributed by atoms with Crippen molar-refractivity contribution in [1.29, 1.82) is 0 Å². The van der Waals surface area contributed by atoms with E-state index >= 15 is 0 Å². The molecule has 25 heavy (non-hydrogen) atoms. The number of rotatable bonds is 10. The van der Waals surface area contributed by atoms with Crippen LogP contribution in [0.1, 0.15) is 71.6 Å². The predicted octanol–water partition coefficient (Wildman–Crippen LogP) is 2.41. The fourth-order valence-electron chi connectivity index (χ4n) is 2.76. The van der Waals surface area contributed by atoms with Crippen LogP contribution in [0.4, 0.5) is 4.79 Å². The van der Waals surface area contributed by atoms with Crippen molar-refractivity contribution in [2.75, 3.05) is 13.1 Å². The highest BCUT2D eigenvalue weighted by Gasteiger charge is 2.27. The Labute approximate surface area is 150 Å². The Morgan fingerprint density at radius 2 is 1.68 bits per heavy atom. The van der Waals surface area contributed by atoms with E-state index in [-0.39, 0.29) is 18.5 Å². The average Bonchev–Trinajstić information content (AvgIpc) is 2.57. The molecule has 0 spiro atoms. The lowest BCUT2D eigenvalue weighted by molar-refractivity contribution is -0.146. The number of hydrogen-bond donors (Lipinski definition) is 4. The standard InChI is InChI=1S/C18H33N3O4/c1-18(2,16(23)24)13-20-15(22)11-7-4-8-12-19-17(25)21-14-9-5-3-6-10-14/h14H,3-13H2,1-2H3,(H,20,22)(H,23,24)(H2,19,21,25). The third kappa shape index (κ3) is 9.31. The minimum Gasteiger partial charge on any atom is -0.481 e. The molecule has 1 aliphatic rings. The van der Waals surface area contributed by atoms with E-state index in [2.05, 4.69) is 16.0 Å². The van der Waals surface area contributed by atoms with Gasteiger partial charge in [0.25, 0.3) is 0 Å². The Kier molecular flexibility index (Phi) is 9.31. The predicted molar refractivity (Wildman–Crippen MR) is 96.3 cm³/mol. The summed E-state index contributed by atoms with van der Waals surface area (Å²) in [5.41, 5.74) is -0.953. The fraction of sp³-hybridized carbons (Fsp3) is 0.833. The van der Waals surface area contributed by atoms with Crippen LogP contribution >= 0.6 is 0 Å². The number of carbonyl (C=O) groups excluding carboxylic acids is 2. The van der Waals surface area contributed by atoms with Crippen molar-refractivity contribution in [3.63, 3.8) is 0 Å². The van der Waals surface area contributed by atoms with Crippen LogP contribution in [0.25, 0.3) is 0 Å². The van der Waals surface area contributed by atoms with Crippen LogP contribution in [0.15, 0.2) is 0 Å². The second-order valence-corrected chi connectivity index (χ2v) is 7.51. The van der Waals surface area contributed by atoms with Gasteiger partial charge in [-0.25, -0.2) is 4.79 Å². The third-order valence-corrected chi connectivity index (χ3v) is 4.61. The smallest absolute Gasteiger partial charge is 0.315 e. The van der Waals surface area contributed by atoms with Crippen LogP contribution in [0.3, 0.4) is 0 Å². The molecule has 1 rings (SSSR count). The zero-order chi connectivity index (χ0) is 18.7. The number of carboxylic acids is 1. The largest absolute Gasteiger partial charge is 0.481 e. The number of unbranched alkanes of at least 4 members (excludes halogenated alkanes) is 2. The van der Waals surface area contributed by atoms with E-state index < -0.39 is 11.4 Å². The van der Waals surface area contributed by atoms with Crippen LogP contribution in [0.5, 0.6) is 0 Å². The summed E-state index contributed by atoms with van der Waals surface area (Å²) < 4.78 is 0. The minimum atomic E-state index is -0.953. The highest BCUT2D eigenvalue weighted by atomic mass is 16.4. The maximum Gasteiger partial charge on any atom is 0.315 e. The Bertz CT molecular complexity index is 446. The normalized spacial score (nSPS) is 15.4. The molecule has 0 radical (unpaired) electrons. The summed E-state index contributed by atoms with van der Waals surface area (Å²) >= 11 is 0. The molecule has 0 aliphatic heterocycles. The molecule has 0 bridgehead atoms. The third-order valence-electron chi connectivity index (χ3n) is 4.61. The molecule has 0 saturated heterocycles. The van der Waals surface area contributed by atoms with Gasteiger partial charge >= 0.3 is 12.0 Å². The first kappa shape index (κ1) is 21.3. The SMILES string of the molecule is CC(C)(CNC(=O)CCCCCNC(=O)NC1CCCCC1)C(=O)O. The van der Waals surface area contributed by atoms with Crippen LogP contribution in [-0.4, -0.2) is 42.1 Å². The summed E-state index contributed by atoms with van der Waals surface area (Å²) in [5, 5.41) is 17.5. The number of hydrogen-bond acceptors (Lipinski definition) is 3. The topological polar surface area (TPSA) is 108 Å². The first-order valence-electron chi connectivity index (χ1n) is 9.36. The van der Waals surface area contributed by atoms with E-state index in [0.717, 1.165) is 32.1 Å². The second kappa shape index (κ2) is 10.9. The quantitative estimate of drug-likeness (QED) is 0.451. The van der Waals surface area contributed by atoms with Crippen molar-refractivity contribution in [2.45, 2.75) is 77.7 Å². The first-order valence-corrected chi connectivity index (χ1v) is 9.36. The fourth-order valence-corrected chi connectivity index (χ4v) is 2.76. The molecule has 0 aromatic carbocycles. The molecule has 7 nitrogen and oxygen atoms in total. The zero-order valence-corrected chi connectivity index (χ0v) is 15.5. The summed E-state index contributed by atoms with van der Waals surface area (Å²) in [6.07, 6.45) is 8.57. The highest BCUT2D eigenvalue weighted by molar-refractivity contribution is 5.78. The Balaban J connectivity index is 1.99. The van der Waals surface area contributed by atoms with Gasteiger partial charge in [0, 0.05) is 25.6 Å². The first-order chi connectivity index (χ1) is 11.8. The molecule has 1 fully saturated rings. The molecule has 3 amide bonds. The molecule has 1 saturated carbocycles. The van der Waals surface area contributed by atoms with Crippen molar-refractivity contribution < 1.29 is 19.5 Å². The van der Waals surface area contributed by atoms with Crippen molar-refractivity contribution in [1.82, 2.24) is 16.0 Å². The monoisotopic (exact) mass is 355 g/mol. The van der Waals surface area contributed by atoms with Crippen LogP contribution in [0, 0.1) is 5.41 Å². The molecular formula is C18H33N3O4. The number of amides is 3. The average molecular weight is 355 g/mol. The molecular weight excluding hydrogens is 322 g/mol. The lowest BCUT2D eigenvalue weighted by atomic mass is 9.94. The molecule has 0 atom stereocenters. The van der Waals surface area contributed by atoms with E-state index in [1.165, 1.54) is 19.3 Å². The maximum absolute atomic E-state index is 11.8. The van der Waals surface area contributed by atoms with Crippen molar-refractivity contribution in [3.05, 3.63) is 0 Å². The molecule has 0 aromatic rings. The van der Waals surface area contributed by atoms with E-state index in [9.17, 15) is 14.4 Å². The van der Waals surface area contributed by atoms with E-state index in [0.29, 0.717) is 19.0 Å². The Hall–Kier alpha value is -1.79. The van der Waals surface area contributed by atoms with E-state index in [1.54, 1.807) is 13.8 Å². The Morgan fingerprint density at radius 1 is 1.00 bits per heavy atom. The van der Waals surface area contributed by atoms with Crippen LogP contribution in [-0.2, 0) is 9.59 Å². The molecule has 144 valence electrons. The minimum absolute atomic E-state index is 0.0967.